The number of nitrogens with zero attached hydrogens (tertiary/aromatic N) is 6. The second-order valence-electron chi connectivity index (χ2n) is 5.85. The summed E-state index contributed by atoms with van der Waals surface area (Å²) >= 11 is 1.38. The second kappa shape index (κ2) is 7.93. The summed E-state index contributed by atoms with van der Waals surface area (Å²) in [4.78, 5) is 18.2. The van der Waals surface area contributed by atoms with Gasteiger partial charge in [-0.1, -0.05) is 48.5 Å². The van der Waals surface area contributed by atoms with Crippen molar-refractivity contribution in [1.82, 2.24) is 19.9 Å². The average Bonchev–Trinajstić information content (AvgIpc) is 3.37. The van der Waals surface area contributed by atoms with Gasteiger partial charge in [0.1, 0.15) is 6.33 Å². The number of hydrogen-bond acceptors (Lipinski definition) is 6. The molecule has 0 unspecified atom stereocenters. The molecular weight excluding hydrogens is 372 g/mol. The van der Waals surface area contributed by atoms with Crippen molar-refractivity contribution in [2.75, 3.05) is 4.90 Å². The van der Waals surface area contributed by atoms with Crippen LogP contribution in [0.15, 0.2) is 77.5 Å². The zero-order valence-corrected chi connectivity index (χ0v) is 15.8. The van der Waals surface area contributed by atoms with E-state index >= 15 is 0 Å². The van der Waals surface area contributed by atoms with Crippen LogP contribution in [0.5, 0.6) is 0 Å². The Morgan fingerprint density at radius 2 is 1.82 bits per heavy atom. The van der Waals surface area contributed by atoms with E-state index in [0.717, 1.165) is 11.3 Å². The smallest absolute Gasteiger partial charge is 0.230 e. The van der Waals surface area contributed by atoms with Crippen LogP contribution in [0.3, 0.4) is 0 Å². The molecule has 0 radical (unpaired) electrons. The standard InChI is InChI=1S/C20H16N6OS/c1-15(27)26(18-10-6-3-7-11-18)20-23-17(13-28-20)12-22-25-14-21-24-19(25)16-8-4-2-5-9-16/h2-14H,1H3/b22-12-. The van der Waals surface area contributed by atoms with Crippen molar-refractivity contribution < 1.29 is 4.79 Å². The Hall–Kier alpha value is -3.65. The van der Waals surface area contributed by atoms with Crippen LogP contribution in [-0.2, 0) is 4.79 Å². The molecule has 1 amide bonds. The molecule has 2 aromatic carbocycles. The summed E-state index contributed by atoms with van der Waals surface area (Å²) in [5, 5.41) is 14.9. The minimum absolute atomic E-state index is 0.103. The van der Waals surface area contributed by atoms with Crippen molar-refractivity contribution in [1.29, 1.82) is 0 Å². The van der Waals surface area contributed by atoms with Crippen LogP contribution in [0, 0.1) is 0 Å². The quantitative estimate of drug-likeness (QED) is 0.485. The van der Waals surface area contributed by atoms with E-state index in [4.69, 9.17) is 0 Å². The Balaban J connectivity index is 1.59. The predicted octanol–water partition coefficient (Wildman–Crippen LogP) is 3.97. The molecule has 4 aromatic rings. The first kappa shape index (κ1) is 17.7. The van der Waals surface area contributed by atoms with Crippen molar-refractivity contribution in [2.45, 2.75) is 6.92 Å². The Morgan fingerprint density at radius 1 is 1.11 bits per heavy atom. The summed E-state index contributed by atoms with van der Waals surface area (Å²) in [7, 11) is 0. The molecule has 4 rings (SSSR count). The van der Waals surface area contributed by atoms with Gasteiger partial charge in [-0.05, 0) is 12.1 Å². The highest BCUT2D eigenvalue weighted by atomic mass is 32.1. The Kier molecular flexibility index (Phi) is 5.03. The minimum atomic E-state index is -0.103. The van der Waals surface area contributed by atoms with Gasteiger partial charge in [0, 0.05) is 17.9 Å². The molecule has 0 aliphatic heterocycles. The van der Waals surface area contributed by atoms with Crippen LogP contribution in [0.1, 0.15) is 12.6 Å². The zero-order valence-electron chi connectivity index (χ0n) is 15.0. The Bertz CT molecular complexity index is 1100. The maximum atomic E-state index is 12.1. The molecular formula is C20H16N6OS. The molecule has 0 fully saturated rings. The fourth-order valence-electron chi connectivity index (χ4n) is 2.66. The van der Waals surface area contributed by atoms with E-state index in [-0.39, 0.29) is 5.91 Å². The number of carbonyl (C=O) groups is 1. The van der Waals surface area contributed by atoms with Gasteiger partial charge in [0.2, 0.25) is 5.91 Å². The van der Waals surface area contributed by atoms with Crippen LogP contribution >= 0.6 is 11.3 Å². The number of thiazole rings is 1. The van der Waals surface area contributed by atoms with E-state index in [1.165, 1.54) is 24.6 Å². The third kappa shape index (κ3) is 3.72. The summed E-state index contributed by atoms with van der Waals surface area (Å²) in [6.07, 6.45) is 3.16. The number of hydrogen-bond donors (Lipinski definition) is 0. The highest BCUT2D eigenvalue weighted by Gasteiger charge is 2.17. The molecule has 0 atom stereocenters. The summed E-state index contributed by atoms with van der Waals surface area (Å²) in [6, 6.07) is 19.1. The van der Waals surface area contributed by atoms with Gasteiger partial charge in [0.15, 0.2) is 11.0 Å². The lowest BCUT2D eigenvalue weighted by atomic mass is 10.2. The third-order valence-corrected chi connectivity index (χ3v) is 4.75. The first-order valence-corrected chi connectivity index (χ1v) is 9.41. The van der Waals surface area contributed by atoms with Gasteiger partial charge in [0.05, 0.1) is 17.6 Å². The fourth-order valence-corrected chi connectivity index (χ4v) is 3.49. The number of para-hydroxylation sites is 1. The van der Waals surface area contributed by atoms with Crippen LogP contribution in [0.4, 0.5) is 10.8 Å². The van der Waals surface area contributed by atoms with Gasteiger partial charge in [-0.3, -0.25) is 9.69 Å². The van der Waals surface area contributed by atoms with Gasteiger partial charge in [-0.25, -0.2) is 4.98 Å². The van der Waals surface area contributed by atoms with E-state index in [0.29, 0.717) is 16.6 Å². The number of carbonyl (C=O) groups excluding carboxylic acids is 1. The minimum Gasteiger partial charge on any atom is -0.274 e. The van der Waals surface area contributed by atoms with Gasteiger partial charge in [0.25, 0.3) is 0 Å². The maximum Gasteiger partial charge on any atom is 0.230 e. The van der Waals surface area contributed by atoms with Crippen LogP contribution in [0.25, 0.3) is 11.4 Å². The lowest BCUT2D eigenvalue weighted by Crippen LogP contribution is -2.22. The molecule has 0 N–H and O–H groups in total. The SMILES string of the molecule is CC(=O)N(c1ccccc1)c1nc(/C=N\n2cnnc2-c2ccccc2)cs1. The monoisotopic (exact) mass is 388 g/mol. The lowest BCUT2D eigenvalue weighted by molar-refractivity contribution is -0.115. The zero-order chi connectivity index (χ0) is 19.3. The summed E-state index contributed by atoms with van der Waals surface area (Å²) in [5.74, 6) is 0.538. The number of amides is 1. The fraction of sp³-hybridized carbons (Fsp3) is 0.0500. The molecule has 0 saturated carbocycles. The van der Waals surface area contributed by atoms with Crippen molar-refractivity contribution in [3.05, 3.63) is 78.1 Å². The second-order valence-corrected chi connectivity index (χ2v) is 6.69. The maximum absolute atomic E-state index is 12.1. The average molecular weight is 388 g/mol. The highest BCUT2D eigenvalue weighted by molar-refractivity contribution is 7.14. The van der Waals surface area contributed by atoms with Gasteiger partial charge < -0.3 is 0 Å². The number of rotatable bonds is 5. The summed E-state index contributed by atoms with van der Waals surface area (Å²) in [6.45, 7) is 1.52. The van der Waals surface area contributed by atoms with Gasteiger partial charge in [-0.15, -0.1) is 21.5 Å². The van der Waals surface area contributed by atoms with Crippen molar-refractivity contribution in [2.24, 2.45) is 5.10 Å². The van der Waals surface area contributed by atoms with Gasteiger partial charge >= 0.3 is 0 Å². The molecule has 7 nitrogen and oxygen atoms in total. The lowest BCUT2D eigenvalue weighted by Gasteiger charge is -2.17. The van der Waals surface area contributed by atoms with E-state index < -0.39 is 0 Å². The van der Waals surface area contributed by atoms with E-state index in [2.05, 4.69) is 20.3 Å². The highest BCUT2D eigenvalue weighted by Crippen LogP contribution is 2.28. The molecule has 0 aliphatic carbocycles. The number of aromatic nitrogens is 4. The molecule has 28 heavy (non-hydrogen) atoms. The summed E-state index contributed by atoms with van der Waals surface area (Å²) in [5.41, 5.74) is 2.34. The Morgan fingerprint density at radius 3 is 2.54 bits per heavy atom. The van der Waals surface area contributed by atoms with Crippen molar-refractivity contribution in [3.63, 3.8) is 0 Å². The normalized spacial score (nSPS) is 11.0. The molecule has 2 aromatic heterocycles. The molecule has 138 valence electrons. The Labute approximate surface area is 165 Å². The van der Waals surface area contributed by atoms with Crippen molar-refractivity contribution in [3.8, 4) is 11.4 Å². The van der Waals surface area contributed by atoms with E-state index in [1.807, 2.05) is 66.0 Å². The topological polar surface area (TPSA) is 76.3 Å². The van der Waals surface area contributed by atoms with Crippen LogP contribution < -0.4 is 4.90 Å². The first-order valence-electron chi connectivity index (χ1n) is 8.53. The predicted molar refractivity (Wildman–Crippen MR) is 110 cm³/mol. The van der Waals surface area contributed by atoms with Gasteiger partial charge in [-0.2, -0.15) is 9.78 Å². The molecule has 0 saturated heterocycles. The molecule has 0 bridgehead atoms. The van der Waals surface area contributed by atoms with Crippen LogP contribution in [-0.4, -0.2) is 32.0 Å². The molecule has 2 heterocycles. The van der Waals surface area contributed by atoms with E-state index in [1.54, 1.807) is 15.8 Å². The number of anilines is 2. The molecule has 8 heteroatoms. The molecule has 0 spiro atoms. The van der Waals surface area contributed by atoms with E-state index in [9.17, 15) is 4.79 Å². The first-order chi connectivity index (χ1) is 13.7. The largest absolute Gasteiger partial charge is 0.274 e. The van der Waals surface area contributed by atoms with Crippen LogP contribution in [0.2, 0.25) is 0 Å². The third-order valence-electron chi connectivity index (χ3n) is 3.91. The molecule has 0 aliphatic rings. The summed E-state index contributed by atoms with van der Waals surface area (Å²) < 4.78 is 1.59. The number of benzene rings is 2. The van der Waals surface area contributed by atoms with Crippen molar-refractivity contribution >= 4 is 34.3 Å².